The number of rotatable bonds is 5. The molecule has 4 rings (SSSR count). The molecular formula is C24H26N2O3. The molecule has 3 aromatic rings. The molecule has 1 atom stereocenters. The third-order valence-corrected chi connectivity index (χ3v) is 5.41. The SMILES string of the molecule is COc1ccc(N2CCN(C(=O)[C@H](C)Oc3ccc4ccccc4c3)CC2)cc1. The highest BCUT2D eigenvalue weighted by Gasteiger charge is 2.26. The van der Waals surface area contributed by atoms with E-state index in [-0.39, 0.29) is 5.91 Å². The van der Waals surface area contributed by atoms with E-state index in [4.69, 9.17) is 9.47 Å². The molecule has 1 aliphatic heterocycles. The van der Waals surface area contributed by atoms with Crippen molar-refractivity contribution in [3.8, 4) is 11.5 Å². The zero-order valence-corrected chi connectivity index (χ0v) is 16.9. The molecule has 1 aliphatic rings. The Bertz CT molecular complexity index is 979. The Balaban J connectivity index is 1.34. The van der Waals surface area contributed by atoms with Crippen molar-refractivity contribution in [1.82, 2.24) is 4.90 Å². The molecule has 0 radical (unpaired) electrons. The van der Waals surface area contributed by atoms with Crippen LogP contribution in [0.1, 0.15) is 6.92 Å². The number of fused-ring (bicyclic) bond motifs is 1. The lowest BCUT2D eigenvalue weighted by Crippen LogP contribution is -2.52. The number of carbonyl (C=O) groups excluding carboxylic acids is 1. The fourth-order valence-electron chi connectivity index (χ4n) is 3.73. The fraction of sp³-hybridized carbons (Fsp3) is 0.292. The molecule has 0 spiro atoms. The molecule has 5 heteroatoms. The molecule has 3 aromatic carbocycles. The Kier molecular flexibility index (Phi) is 5.56. The van der Waals surface area contributed by atoms with Gasteiger partial charge in [0, 0.05) is 31.9 Å². The van der Waals surface area contributed by atoms with Crippen LogP contribution in [0.15, 0.2) is 66.7 Å². The standard InChI is InChI=1S/C24H26N2O3/c1-18(29-23-10-7-19-5-3-4-6-20(19)17-23)24(27)26-15-13-25(14-16-26)21-8-11-22(28-2)12-9-21/h3-12,17-18H,13-16H2,1-2H3/t18-/m0/s1. The van der Waals surface area contributed by atoms with Gasteiger partial charge in [-0.25, -0.2) is 0 Å². The monoisotopic (exact) mass is 390 g/mol. The largest absolute Gasteiger partial charge is 0.497 e. The van der Waals surface area contributed by atoms with E-state index in [2.05, 4.69) is 23.1 Å². The zero-order chi connectivity index (χ0) is 20.2. The van der Waals surface area contributed by atoms with E-state index in [9.17, 15) is 4.79 Å². The summed E-state index contributed by atoms with van der Waals surface area (Å²) in [6.45, 7) is 4.82. The first-order chi connectivity index (χ1) is 14.1. The number of anilines is 1. The summed E-state index contributed by atoms with van der Waals surface area (Å²) in [7, 11) is 1.67. The molecule has 0 bridgehead atoms. The van der Waals surface area contributed by atoms with E-state index >= 15 is 0 Å². The van der Waals surface area contributed by atoms with E-state index in [0.29, 0.717) is 13.1 Å². The van der Waals surface area contributed by atoms with E-state index in [1.165, 1.54) is 0 Å². The van der Waals surface area contributed by atoms with Gasteiger partial charge in [-0.3, -0.25) is 4.79 Å². The Morgan fingerprint density at radius 1 is 0.862 bits per heavy atom. The van der Waals surface area contributed by atoms with Gasteiger partial charge in [0.15, 0.2) is 6.10 Å². The molecule has 29 heavy (non-hydrogen) atoms. The predicted octanol–water partition coefficient (Wildman–Crippen LogP) is 3.96. The number of nitrogens with zero attached hydrogens (tertiary/aromatic N) is 2. The molecule has 1 amide bonds. The van der Waals surface area contributed by atoms with Gasteiger partial charge in [-0.05, 0) is 54.1 Å². The van der Waals surface area contributed by atoms with Gasteiger partial charge in [0.25, 0.3) is 5.91 Å². The molecule has 0 aliphatic carbocycles. The molecule has 0 N–H and O–H groups in total. The van der Waals surface area contributed by atoms with Crippen LogP contribution in [0, 0.1) is 0 Å². The fourth-order valence-corrected chi connectivity index (χ4v) is 3.73. The van der Waals surface area contributed by atoms with Crippen LogP contribution in [0.25, 0.3) is 10.8 Å². The maximum absolute atomic E-state index is 12.9. The Labute approximate surface area is 171 Å². The quantitative estimate of drug-likeness (QED) is 0.661. The minimum absolute atomic E-state index is 0.0348. The van der Waals surface area contributed by atoms with E-state index in [0.717, 1.165) is 41.0 Å². The highest BCUT2D eigenvalue weighted by molar-refractivity contribution is 5.84. The van der Waals surface area contributed by atoms with Crippen molar-refractivity contribution < 1.29 is 14.3 Å². The normalized spacial score (nSPS) is 15.2. The Morgan fingerprint density at radius 3 is 2.21 bits per heavy atom. The summed E-state index contributed by atoms with van der Waals surface area (Å²) in [6.07, 6.45) is -0.510. The summed E-state index contributed by atoms with van der Waals surface area (Å²) in [5.74, 6) is 1.61. The van der Waals surface area contributed by atoms with Gasteiger partial charge in [0.2, 0.25) is 0 Å². The smallest absolute Gasteiger partial charge is 0.263 e. The van der Waals surface area contributed by atoms with Gasteiger partial charge < -0.3 is 19.3 Å². The Hall–Kier alpha value is -3.21. The molecule has 5 nitrogen and oxygen atoms in total. The minimum atomic E-state index is -0.510. The van der Waals surface area contributed by atoms with Crippen LogP contribution >= 0.6 is 0 Å². The van der Waals surface area contributed by atoms with Gasteiger partial charge in [-0.2, -0.15) is 0 Å². The summed E-state index contributed by atoms with van der Waals surface area (Å²) in [5.41, 5.74) is 1.15. The van der Waals surface area contributed by atoms with Gasteiger partial charge in [-0.15, -0.1) is 0 Å². The molecule has 1 fully saturated rings. The van der Waals surface area contributed by atoms with Gasteiger partial charge in [0.05, 0.1) is 7.11 Å². The first-order valence-electron chi connectivity index (χ1n) is 9.97. The van der Waals surface area contributed by atoms with Crippen LogP contribution in [0.4, 0.5) is 5.69 Å². The summed E-state index contributed by atoms with van der Waals surface area (Å²) in [4.78, 5) is 17.0. The molecule has 1 saturated heterocycles. The van der Waals surface area contributed by atoms with Crippen LogP contribution in [-0.2, 0) is 4.79 Å². The third kappa shape index (κ3) is 4.29. The number of benzene rings is 3. The number of piperazine rings is 1. The van der Waals surface area contributed by atoms with Crippen molar-refractivity contribution in [2.45, 2.75) is 13.0 Å². The average Bonchev–Trinajstić information content (AvgIpc) is 2.78. The van der Waals surface area contributed by atoms with Gasteiger partial charge in [0.1, 0.15) is 11.5 Å². The number of hydrogen-bond donors (Lipinski definition) is 0. The predicted molar refractivity (Wildman–Crippen MR) is 116 cm³/mol. The minimum Gasteiger partial charge on any atom is -0.497 e. The van der Waals surface area contributed by atoms with Crippen LogP contribution in [0.5, 0.6) is 11.5 Å². The summed E-state index contributed by atoms with van der Waals surface area (Å²) in [5, 5.41) is 2.27. The van der Waals surface area contributed by atoms with Crippen molar-refractivity contribution in [3.63, 3.8) is 0 Å². The van der Waals surface area contributed by atoms with Gasteiger partial charge >= 0.3 is 0 Å². The number of methoxy groups -OCH3 is 1. The maximum Gasteiger partial charge on any atom is 0.263 e. The van der Waals surface area contributed by atoms with Crippen molar-refractivity contribution in [2.24, 2.45) is 0 Å². The second kappa shape index (κ2) is 8.43. The lowest BCUT2D eigenvalue weighted by Gasteiger charge is -2.37. The van der Waals surface area contributed by atoms with Crippen molar-refractivity contribution in [2.75, 3.05) is 38.2 Å². The maximum atomic E-state index is 12.9. The number of carbonyl (C=O) groups is 1. The zero-order valence-electron chi connectivity index (χ0n) is 16.9. The molecular weight excluding hydrogens is 364 g/mol. The molecule has 0 unspecified atom stereocenters. The Morgan fingerprint density at radius 2 is 1.52 bits per heavy atom. The van der Waals surface area contributed by atoms with Gasteiger partial charge in [-0.1, -0.05) is 30.3 Å². The topological polar surface area (TPSA) is 42.0 Å². The third-order valence-electron chi connectivity index (χ3n) is 5.41. The highest BCUT2D eigenvalue weighted by Crippen LogP contribution is 2.23. The highest BCUT2D eigenvalue weighted by atomic mass is 16.5. The molecule has 0 aromatic heterocycles. The van der Waals surface area contributed by atoms with Crippen LogP contribution in [0.2, 0.25) is 0 Å². The lowest BCUT2D eigenvalue weighted by molar-refractivity contribution is -0.138. The van der Waals surface area contributed by atoms with E-state index < -0.39 is 6.10 Å². The number of ether oxygens (including phenoxy) is 2. The number of amides is 1. The van der Waals surface area contributed by atoms with Crippen LogP contribution in [0.3, 0.4) is 0 Å². The second-order valence-electron chi connectivity index (χ2n) is 7.28. The van der Waals surface area contributed by atoms with Crippen molar-refractivity contribution in [1.29, 1.82) is 0 Å². The summed E-state index contributed by atoms with van der Waals surface area (Å²) in [6, 6.07) is 22.1. The van der Waals surface area contributed by atoms with Crippen LogP contribution < -0.4 is 14.4 Å². The molecule has 150 valence electrons. The molecule has 1 heterocycles. The number of hydrogen-bond acceptors (Lipinski definition) is 4. The van der Waals surface area contributed by atoms with Crippen molar-refractivity contribution in [3.05, 3.63) is 66.7 Å². The summed E-state index contributed by atoms with van der Waals surface area (Å²) < 4.78 is 11.2. The molecule has 0 saturated carbocycles. The summed E-state index contributed by atoms with van der Waals surface area (Å²) >= 11 is 0. The lowest BCUT2D eigenvalue weighted by atomic mass is 10.1. The van der Waals surface area contributed by atoms with E-state index in [1.54, 1.807) is 7.11 Å². The van der Waals surface area contributed by atoms with Crippen molar-refractivity contribution >= 4 is 22.4 Å². The van der Waals surface area contributed by atoms with Crippen LogP contribution in [-0.4, -0.2) is 50.2 Å². The first-order valence-corrected chi connectivity index (χ1v) is 9.97. The average molecular weight is 390 g/mol. The second-order valence-corrected chi connectivity index (χ2v) is 7.28. The van der Waals surface area contributed by atoms with E-state index in [1.807, 2.05) is 60.4 Å². The first kappa shape index (κ1) is 19.1.